The fourth-order valence-corrected chi connectivity index (χ4v) is 1.22. The van der Waals surface area contributed by atoms with Crippen LogP contribution in [-0.2, 0) is 0 Å². The summed E-state index contributed by atoms with van der Waals surface area (Å²) in [4.78, 5) is 0. The van der Waals surface area contributed by atoms with Gasteiger partial charge in [0, 0.05) is 5.57 Å². The molecule has 4 heteroatoms. The van der Waals surface area contributed by atoms with Gasteiger partial charge < -0.3 is 9.47 Å². The van der Waals surface area contributed by atoms with E-state index in [9.17, 15) is 8.78 Å². The molecule has 0 N–H and O–H groups in total. The lowest BCUT2D eigenvalue weighted by Crippen LogP contribution is -1.94. The lowest BCUT2D eigenvalue weighted by molar-refractivity contribution is 0.174. The first-order chi connectivity index (χ1) is 6.68. The highest BCUT2D eigenvalue weighted by atomic mass is 19.3. The zero-order valence-electron chi connectivity index (χ0n) is 7.30. The molecule has 0 atom stereocenters. The molecule has 0 aromatic heterocycles. The average molecular weight is 198 g/mol. The molecule has 0 spiro atoms. The van der Waals surface area contributed by atoms with E-state index in [1.54, 1.807) is 12.1 Å². The highest BCUT2D eigenvalue weighted by molar-refractivity contribution is 5.68. The summed E-state index contributed by atoms with van der Waals surface area (Å²) in [6, 6.07) is 4.66. The van der Waals surface area contributed by atoms with E-state index in [1.165, 1.54) is 6.07 Å². The summed E-state index contributed by atoms with van der Waals surface area (Å²) in [5.41, 5.74) is 0.174. The molecule has 1 heterocycles. The number of rotatable bonds is 2. The zero-order chi connectivity index (χ0) is 10.1. The molecule has 2 nitrogen and oxygen atoms in total. The molecule has 0 amide bonds. The molecule has 74 valence electrons. The largest absolute Gasteiger partial charge is 0.454 e. The van der Waals surface area contributed by atoms with E-state index in [4.69, 9.17) is 9.47 Å². The second-order valence-corrected chi connectivity index (χ2v) is 2.89. The summed E-state index contributed by atoms with van der Waals surface area (Å²) in [5.74, 6) is 1.07. The van der Waals surface area contributed by atoms with Gasteiger partial charge in [0.25, 0.3) is 6.43 Å². The van der Waals surface area contributed by atoms with Gasteiger partial charge in [-0.1, -0.05) is 12.6 Å². The molecular formula is C10H8F2O2. The van der Waals surface area contributed by atoms with Gasteiger partial charge in [0.2, 0.25) is 6.79 Å². The first kappa shape index (κ1) is 8.99. The van der Waals surface area contributed by atoms with Crippen molar-refractivity contribution in [2.24, 2.45) is 0 Å². The maximum atomic E-state index is 12.3. The van der Waals surface area contributed by atoms with Crippen LogP contribution in [0, 0.1) is 0 Å². The molecule has 0 unspecified atom stereocenters. The Morgan fingerprint density at radius 2 is 2.00 bits per heavy atom. The second-order valence-electron chi connectivity index (χ2n) is 2.89. The van der Waals surface area contributed by atoms with Crippen LogP contribution in [0.1, 0.15) is 5.56 Å². The van der Waals surface area contributed by atoms with Gasteiger partial charge in [0.15, 0.2) is 11.5 Å². The van der Waals surface area contributed by atoms with E-state index >= 15 is 0 Å². The van der Waals surface area contributed by atoms with Gasteiger partial charge in [-0.3, -0.25) is 0 Å². The second kappa shape index (κ2) is 3.29. The molecule has 0 bridgehead atoms. The number of halogens is 2. The predicted octanol–water partition coefficient (Wildman–Crippen LogP) is 2.69. The quantitative estimate of drug-likeness (QED) is 0.727. The van der Waals surface area contributed by atoms with Crippen molar-refractivity contribution >= 4 is 5.57 Å². The molecule has 0 fully saturated rings. The first-order valence-electron chi connectivity index (χ1n) is 4.05. The zero-order valence-corrected chi connectivity index (χ0v) is 7.30. The van der Waals surface area contributed by atoms with Crippen molar-refractivity contribution in [2.45, 2.75) is 6.43 Å². The summed E-state index contributed by atoms with van der Waals surface area (Å²) in [6.45, 7) is 3.44. The minimum atomic E-state index is -2.55. The highest BCUT2D eigenvalue weighted by Gasteiger charge is 2.17. The van der Waals surface area contributed by atoms with Crippen molar-refractivity contribution in [3.05, 3.63) is 30.3 Å². The first-order valence-corrected chi connectivity index (χ1v) is 4.05. The van der Waals surface area contributed by atoms with Crippen LogP contribution in [0.25, 0.3) is 5.57 Å². The van der Waals surface area contributed by atoms with Crippen LogP contribution in [0.15, 0.2) is 24.8 Å². The lowest BCUT2D eigenvalue weighted by Gasteiger charge is -2.05. The van der Waals surface area contributed by atoms with Gasteiger partial charge in [0.1, 0.15) is 0 Å². The van der Waals surface area contributed by atoms with Gasteiger partial charge in [-0.2, -0.15) is 0 Å². The minimum absolute atomic E-state index is 0.139. The van der Waals surface area contributed by atoms with Crippen LogP contribution in [0.3, 0.4) is 0 Å². The van der Waals surface area contributed by atoms with Crippen molar-refractivity contribution in [1.29, 1.82) is 0 Å². The summed E-state index contributed by atoms with van der Waals surface area (Å²) in [6.07, 6.45) is -2.55. The number of ether oxygens (including phenoxy) is 2. The molecule has 1 aromatic carbocycles. The number of benzene rings is 1. The average Bonchev–Trinajstić information content (AvgIpc) is 2.62. The molecule has 1 aromatic rings. The van der Waals surface area contributed by atoms with Crippen molar-refractivity contribution in [1.82, 2.24) is 0 Å². The van der Waals surface area contributed by atoms with Crippen LogP contribution < -0.4 is 9.47 Å². The number of hydrogen-bond donors (Lipinski definition) is 0. The minimum Gasteiger partial charge on any atom is -0.454 e. The smallest absolute Gasteiger partial charge is 0.263 e. The molecule has 2 rings (SSSR count). The molecule has 0 saturated heterocycles. The number of hydrogen-bond acceptors (Lipinski definition) is 2. The van der Waals surface area contributed by atoms with Crippen LogP contribution in [0.5, 0.6) is 11.5 Å². The Labute approximate surface area is 79.8 Å². The fourth-order valence-electron chi connectivity index (χ4n) is 1.22. The van der Waals surface area contributed by atoms with Gasteiger partial charge in [-0.25, -0.2) is 8.78 Å². The van der Waals surface area contributed by atoms with Crippen LogP contribution >= 0.6 is 0 Å². The van der Waals surface area contributed by atoms with Gasteiger partial charge in [-0.15, -0.1) is 0 Å². The normalized spacial score (nSPS) is 13.4. The molecular weight excluding hydrogens is 190 g/mol. The van der Waals surface area contributed by atoms with Crippen molar-refractivity contribution in [3.63, 3.8) is 0 Å². The topological polar surface area (TPSA) is 18.5 Å². The Hall–Kier alpha value is -1.58. The Bertz CT molecular complexity index is 374. The maximum absolute atomic E-state index is 12.3. The van der Waals surface area contributed by atoms with E-state index in [1.807, 2.05) is 0 Å². The lowest BCUT2D eigenvalue weighted by atomic mass is 10.1. The van der Waals surface area contributed by atoms with E-state index < -0.39 is 6.43 Å². The molecule has 1 aliphatic rings. The molecule has 14 heavy (non-hydrogen) atoms. The SMILES string of the molecule is C=C(c1ccc2c(c1)OCO2)C(F)F. The third kappa shape index (κ3) is 1.43. The Morgan fingerprint density at radius 1 is 1.29 bits per heavy atom. The van der Waals surface area contributed by atoms with Gasteiger partial charge >= 0.3 is 0 Å². The number of allylic oxidation sites excluding steroid dienone is 1. The molecule has 0 aliphatic carbocycles. The van der Waals surface area contributed by atoms with E-state index in [2.05, 4.69) is 6.58 Å². The van der Waals surface area contributed by atoms with Crippen molar-refractivity contribution in [3.8, 4) is 11.5 Å². The number of fused-ring (bicyclic) bond motifs is 1. The molecule has 0 saturated carbocycles. The van der Waals surface area contributed by atoms with E-state index in [0.29, 0.717) is 17.1 Å². The van der Waals surface area contributed by atoms with Crippen LogP contribution in [0.2, 0.25) is 0 Å². The third-order valence-corrected chi connectivity index (χ3v) is 2.01. The highest BCUT2D eigenvalue weighted by Crippen LogP contribution is 2.35. The number of alkyl halides is 2. The summed E-state index contributed by atoms with van der Waals surface area (Å²) in [7, 11) is 0. The fraction of sp³-hybridized carbons (Fsp3) is 0.200. The Kier molecular flexibility index (Phi) is 2.11. The Balaban J connectivity index is 2.33. The van der Waals surface area contributed by atoms with Gasteiger partial charge in [-0.05, 0) is 17.7 Å². The monoisotopic (exact) mass is 198 g/mol. The summed E-state index contributed by atoms with van der Waals surface area (Å²) >= 11 is 0. The van der Waals surface area contributed by atoms with Crippen LogP contribution in [-0.4, -0.2) is 13.2 Å². The van der Waals surface area contributed by atoms with E-state index in [-0.39, 0.29) is 12.4 Å². The third-order valence-electron chi connectivity index (χ3n) is 2.01. The predicted molar refractivity (Wildman–Crippen MR) is 47.6 cm³/mol. The molecule has 1 aliphatic heterocycles. The Morgan fingerprint density at radius 3 is 2.71 bits per heavy atom. The summed E-state index contributed by atoms with van der Waals surface area (Å²) < 4.78 is 34.7. The van der Waals surface area contributed by atoms with Crippen LogP contribution in [0.4, 0.5) is 8.78 Å². The van der Waals surface area contributed by atoms with Crippen molar-refractivity contribution in [2.75, 3.05) is 6.79 Å². The van der Waals surface area contributed by atoms with Gasteiger partial charge in [0.05, 0.1) is 0 Å². The standard InChI is InChI=1S/C10H8F2O2/c1-6(10(11)12)7-2-3-8-9(4-7)14-5-13-8/h2-4,10H,1,5H2. The maximum Gasteiger partial charge on any atom is 0.263 e. The van der Waals surface area contributed by atoms with Crippen molar-refractivity contribution < 1.29 is 18.3 Å². The summed E-state index contributed by atoms with van der Waals surface area (Å²) in [5, 5.41) is 0. The van der Waals surface area contributed by atoms with E-state index in [0.717, 1.165) is 0 Å². The molecule has 0 radical (unpaired) electrons.